The van der Waals surface area contributed by atoms with Crippen molar-refractivity contribution in [2.24, 2.45) is 0 Å². The molecule has 0 aliphatic heterocycles. The highest BCUT2D eigenvalue weighted by molar-refractivity contribution is 5.75. The van der Waals surface area contributed by atoms with Gasteiger partial charge in [-0.05, 0) is 47.5 Å². The third kappa shape index (κ3) is 4.46. The quantitative estimate of drug-likeness (QED) is 0.620. The van der Waals surface area contributed by atoms with Gasteiger partial charge in [-0.2, -0.15) is 0 Å². The van der Waals surface area contributed by atoms with Crippen molar-refractivity contribution in [1.82, 2.24) is 0 Å². The van der Waals surface area contributed by atoms with Crippen LogP contribution < -0.4 is 10.6 Å². The number of hydrogen-bond donors (Lipinski definition) is 2. The second-order valence-corrected chi connectivity index (χ2v) is 5.64. The van der Waals surface area contributed by atoms with Gasteiger partial charge in [0.2, 0.25) is 0 Å². The molecule has 2 N–H and O–H groups in total. The largest absolute Gasteiger partial charge is 0.381 e. The van der Waals surface area contributed by atoms with E-state index in [9.17, 15) is 4.79 Å². The van der Waals surface area contributed by atoms with E-state index in [4.69, 9.17) is 0 Å². The summed E-state index contributed by atoms with van der Waals surface area (Å²) in [6, 6.07) is 26.1. The summed E-state index contributed by atoms with van der Waals surface area (Å²) in [7, 11) is 0. The lowest BCUT2D eigenvalue weighted by molar-refractivity contribution is 0.112. The fourth-order valence-electron chi connectivity index (χ4n) is 2.58. The molecule has 0 spiro atoms. The van der Waals surface area contributed by atoms with Crippen molar-refractivity contribution < 1.29 is 4.79 Å². The van der Waals surface area contributed by atoms with Gasteiger partial charge in [0.15, 0.2) is 0 Å². The van der Waals surface area contributed by atoms with Crippen LogP contribution in [0.4, 0.5) is 11.4 Å². The molecule has 0 heterocycles. The summed E-state index contributed by atoms with van der Waals surface area (Å²) in [5.74, 6) is 0. The summed E-state index contributed by atoms with van der Waals surface area (Å²) in [5, 5.41) is 6.75. The molecule has 24 heavy (non-hydrogen) atoms. The fourth-order valence-corrected chi connectivity index (χ4v) is 2.58. The van der Waals surface area contributed by atoms with Crippen LogP contribution in [0.1, 0.15) is 21.5 Å². The van der Waals surface area contributed by atoms with Crippen molar-refractivity contribution in [2.75, 3.05) is 10.6 Å². The molecule has 0 radical (unpaired) electrons. The summed E-state index contributed by atoms with van der Waals surface area (Å²) in [5.41, 5.74) is 5.02. The average molecular weight is 316 g/mol. The Balaban J connectivity index is 1.69. The highest BCUT2D eigenvalue weighted by atomic mass is 16.1. The van der Waals surface area contributed by atoms with Crippen LogP contribution in [0.3, 0.4) is 0 Å². The van der Waals surface area contributed by atoms with Gasteiger partial charge in [0.1, 0.15) is 6.29 Å². The van der Waals surface area contributed by atoms with Gasteiger partial charge >= 0.3 is 0 Å². The molecule has 3 rings (SSSR count). The number of aldehydes is 1. The van der Waals surface area contributed by atoms with Crippen LogP contribution >= 0.6 is 0 Å². The number of carbonyl (C=O) groups excluding carboxylic acids is 1. The van der Waals surface area contributed by atoms with E-state index in [-0.39, 0.29) is 0 Å². The van der Waals surface area contributed by atoms with E-state index < -0.39 is 0 Å². The highest BCUT2D eigenvalue weighted by Crippen LogP contribution is 2.14. The molecule has 0 atom stereocenters. The Kier molecular flexibility index (Phi) is 5.25. The molecule has 3 aromatic rings. The Bertz CT molecular complexity index is 724. The van der Waals surface area contributed by atoms with E-state index in [1.54, 1.807) is 0 Å². The smallest absolute Gasteiger partial charge is 0.150 e. The number of carbonyl (C=O) groups is 1. The van der Waals surface area contributed by atoms with E-state index in [1.807, 2.05) is 72.8 Å². The van der Waals surface area contributed by atoms with Crippen LogP contribution in [0, 0.1) is 0 Å². The minimum absolute atomic E-state index is 0.685. The molecule has 0 unspecified atom stereocenters. The molecule has 0 aliphatic carbocycles. The molecule has 120 valence electrons. The first-order valence-corrected chi connectivity index (χ1v) is 7.99. The zero-order chi connectivity index (χ0) is 16.6. The number of benzene rings is 3. The summed E-state index contributed by atoms with van der Waals surface area (Å²) < 4.78 is 0. The number of hydrogen-bond acceptors (Lipinski definition) is 3. The Morgan fingerprint density at radius 3 is 1.54 bits per heavy atom. The lowest BCUT2D eigenvalue weighted by atomic mass is 10.1. The Hall–Kier alpha value is -3.07. The number of anilines is 2. The maximum Gasteiger partial charge on any atom is 0.150 e. The van der Waals surface area contributed by atoms with Crippen LogP contribution in [0.15, 0.2) is 78.9 Å². The van der Waals surface area contributed by atoms with Crippen molar-refractivity contribution in [2.45, 2.75) is 13.1 Å². The second-order valence-electron chi connectivity index (χ2n) is 5.64. The van der Waals surface area contributed by atoms with Crippen molar-refractivity contribution in [3.05, 3.63) is 95.6 Å². The minimum Gasteiger partial charge on any atom is -0.381 e. The Morgan fingerprint density at radius 2 is 1.12 bits per heavy atom. The van der Waals surface area contributed by atoms with Gasteiger partial charge in [-0.15, -0.1) is 0 Å². The molecule has 0 aromatic heterocycles. The summed E-state index contributed by atoms with van der Waals surface area (Å²) >= 11 is 0. The SMILES string of the molecule is O=Cc1cc(CNc2ccccc2)cc(CNc2ccccc2)c1. The zero-order valence-electron chi connectivity index (χ0n) is 13.4. The Morgan fingerprint density at radius 1 is 0.667 bits per heavy atom. The van der Waals surface area contributed by atoms with Crippen molar-refractivity contribution in [3.8, 4) is 0 Å². The number of rotatable bonds is 7. The zero-order valence-corrected chi connectivity index (χ0v) is 13.4. The third-order valence-electron chi connectivity index (χ3n) is 3.75. The molecular formula is C21H20N2O. The summed E-state index contributed by atoms with van der Waals surface area (Å²) in [6.07, 6.45) is 0.901. The van der Waals surface area contributed by atoms with E-state index in [2.05, 4.69) is 16.7 Å². The van der Waals surface area contributed by atoms with Crippen LogP contribution in [0.25, 0.3) is 0 Å². The van der Waals surface area contributed by atoms with Crippen LogP contribution in [-0.2, 0) is 13.1 Å². The predicted molar refractivity (Wildman–Crippen MR) is 99.4 cm³/mol. The summed E-state index contributed by atoms with van der Waals surface area (Å²) in [4.78, 5) is 11.2. The number of para-hydroxylation sites is 2. The minimum atomic E-state index is 0.685. The van der Waals surface area contributed by atoms with Gasteiger partial charge in [0.05, 0.1) is 0 Å². The van der Waals surface area contributed by atoms with Gasteiger partial charge in [0, 0.05) is 30.0 Å². The lowest BCUT2D eigenvalue weighted by Crippen LogP contribution is -2.04. The van der Waals surface area contributed by atoms with Crippen LogP contribution in [0.5, 0.6) is 0 Å². The maximum atomic E-state index is 11.2. The molecule has 0 saturated heterocycles. The maximum absolute atomic E-state index is 11.2. The lowest BCUT2D eigenvalue weighted by Gasteiger charge is -2.11. The summed E-state index contributed by atoms with van der Waals surface area (Å²) in [6.45, 7) is 1.37. The third-order valence-corrected chi connectivity index (χ3v) is 3.75. The molecule has 3 nitrogen and oxygen atoms in total. The molecule has 3 heteroatoms. The van der Waals surface area contributed by atoms with Gasteiger partial charge in [-0.3, -0.25) is 4.79 Å². The molecule has 3 aromatic carbocycles. The molecule has 0 fully saturated rings. The topological polar surface area (TPSA) is 41.1 Å². The monoisotopic (exact) mass is 316 g/mol. The van der Waals surface area contributed by atoms with Crippen LogP contribution in [-0.4, -0.2) is 6.29 Å². The van der Waals surface area contributed by atoms with Gasteiger partial charge in [-0.25, -0.2) is 0 Å². The standard InChI is InChI=1S/C21H20N2O/c24-16-19-12-17(14-22-20-7-3-1-4-8-20)11-18(13-19)15-23-21-9-5-2-6-10-21/h1-13,16,22-23H,14-15H2. The average Bonchev–Trinajstić information content (AvgIpc) is 2.66. The van der Waals surface area contributed by atoms with Gasteiger partial charge < -0.3 is 10.6 Å². The van der Waals surface area contributed by atoms with Crippen molar-refractivity contribution >= 4 is 17.7 Å². The van der Waals surface area contributed by atoms with E-state index in [0.29, 0.717) is 18.7 Å². The van der Waals surface area contributed by atoms with E-state index >= 15 is 0 Å². The van der Waals surface area contributed by atoms with Crippen molar-refractivity contribution in [3.63, 3.8) is 0 Å². The predicted octanol–water partition coefficient (Wildman–Crippen LogP) is 4.72. The molecule has 0 bridgehead atoms. The molecule has 0 saturated carbocycles. The first-order chi connectivity index (χ1) is 11.8. The fraction of sp³-hybridized carbons (Fsp3) is 0.0952. The highest BCUT2D eigenvalue weighted by Gasteiger charge is 2.02. The van der Waals surface area contributed by atoms with E-state index in [1.165, 1.54) is 0 Å². The van der Waals surface area contributed by atoms with Crippen molar-refractivity contribution in [1.29, 1.82) is 0 Å². The normalized spacial score (nSPS) is 10.2. The first kappa shape index (κ1) is 15.8. The molecule has 0 amide bonds. The number of nitrogens with one attached hydrogen (secondary N) is 2. The second kappa shape index (κ2) is 7.97. The molecular weight excluding hydrogens is 296 g/mol. The van der Waals surface area contributed by atoms with E-state index in [0.717, 1.165) is 28.8 Å². The van der Waals surface area contributed by atoms with Gasteiger partial charge in [-0.1, -0.05) is 42.5 Å². The molecule has 0 aliphatic rings. The van der Waals surface area contributed by atoms with Gasteiger partial charge in [0.25, 0.3) is 0 Å². The first-order valence-electron chi connectivity index (χ1n) is 7.99. The Labute approximate surface area is 142 Å². The van der Waals surface area contributed by atoms with Crippen LogP contribution in [0.2, 0.25) is 0 Å².